The SMILES string of the molecule is CCCNc1cccc(CN(CC(C)C)C(CC)CC)n1. The molecule has 1 rings (SSSR count). The maximum Gasteiger partial charge on any atom is 0.126 e. The van der Waals surface area contributed by atoms with Crippen LogP contribution in [0.25, 0.3) is 0 Å². The second kappa shape index (κ2) is 9.78. The summed E-state index contributed by atoms with van der Waals surface area (Å²) in [5, 5.41) is 3.38. The summed E-state index contributed by atoms with van der Waals surface area (Å²) in [6.07, 6.45) is 3.53. The summed E-state index contributed by atoms with van der Waals surface area (Å²) in [4.78, 5) is 7.35. The van der Waals surface area contributed by atoms with E-state index in [0.717, 1.165) is 31.9 Å². The minimum absolute atomic E-state index is 0.654. The van der Waals surface area contributed by atoms with E-state index in [-0.39, 0.29) is 0 Å². The van der Waals surface area contributed by atoms with Crippen molar-refractivity contribution in [3.63, 3.8) is 0 Å². The number of hydrogen-bond acceptors (Lipinski definition) is 3. The van der Waals surface area contributed by atoms with Gasteiger partial charge in [-0.2, -0.15) is 0 Å². The van der Waals surface area contributed by atoms with Crippen LogP contribution in [-0.2, 0) is 6.54 Å². The monoisotopic (exact) mass is 291 g/mol. The van der Waals surface area contributed by atoms with E-state index in [1.165, 1.54) is 18.5 Å². The van der Waals surface area contributed by atoms with Crippen molar-refractivity contribution in [1.29, 1.82) is 0 Å². The largest absolute Gasteiger partial charge is 0.370 e. The first-order chi connectivity index (χ1) is 10.1. The molecule has 3 nitrogen and oxygen atoms in total. The number of rotatable bonds is 10. The topological polar surface area (TPSA) is 28.2 Å². The molecule has 0 spiro atoms. The first kappa shape index (κ1) is 18.0. The van der Waals surface area contributed by atoms with E-state index in [9.17, 15) is 0 Å². The van der Waals surface area contributed by atoms with Gasteiger partial charge in [0.15, 0.2) is 0 Å². The number of pyridine rings is 1. The molecule has 0 aliphatic carbocycles. The lowest BCUT2D eigenvalue weighted by Gasteiger charge is -2.31. The molecule has 1 N–H and O–H groups in total. The van der Waals surface area contributed by atoms with Crippen LogP contribution in [-0.4, -0.2) is 29.0 Å². The van der Waals surface area contributed by atoms with Crippen molar-refractivity contribution in [2.24, 2.45) is 5.92 Å². The van der Waals surface area contributed by atoms with E-state index in [2.05, 4.69) is 63.0 Å². The summed E-state index contributed by atoms with van der Waals surface area (Å²) in [5.41, 5.74) is 1.17. The molecule has 0 radical (unpaired) electrons. The quantitative estimate of drug-likeness (QED) is 0.685. The zero-order valence-electron chi connectivity index (χ0n) is 14.5. The van der Waals surface area contributed by atoms with Crippen LogP contribution in [0.1, 0.15) is 59.6 Å². The average Bonchev–Trinajstić information content (AvgIpc) is 2.46. The fourth-order valence-corrected chi connectivity index (χ4v) is 2.74. The molecule has 0 aliphatic rings. The van der Waals surface area contributed by atoms with Crippen molar-refractivity contribution in [3.8, 4) is 0 Å². The lowest BCUT2D eigenvalue weighted by Crippen LogP contribution is -2.37. The van der Waals surface area contributed by atoms with Crippen LogP contribution in [0.4, 0.5) is 5.82 Å². The first-order valence-corrected chi connectivity index (χ1v) is 8.54. The van der Waals surface area contributed by atoms with Gasteiger partial charge >= 0.3 is 0 Å². The summed E-state index contributed by atoms with van der Waals surface area (Å²) in [6, 6.07) is 6.97. The van der Waals surface area contributed by atoms with Gasteiger partial charge in [0.2, 0.25) is 0 Å². The lowest BCUT2D eigenvalue weighted by atomic mass is 10.1. The highest BCUT2D eigenvalue weighted by Gasteiger charge is 2.17. The zero-order valence-corrected chi connectivity index (χ0v) is 14.5. The minimum atomic E-state index is 0.654. The van der Waals surface area contributed by atoms with Gasteiger partial charge in [-0.05, 0) is 37.3 Å². The standard InChI is InChI=1S/C18H33N3/c1-6-12-19-18-11-9-10-16(20-18)14-21(13-15(4)5)17(7-2)8-3/h9-11,15,17H,6-8,12-14H2,1-5H3,(H,19,20). The molecule has 0 saturated heterocycles. The van der Waals surface area contributed by atoms with E-state index >= 15 is 0 Å². The fourth-order valence-electron chi connectivity index (χ4n) is 2.74. The van der Waals surface area contributed by atoms with Crippen molar-refractivity contribution in [1.82, 2.24) is 9.88 Å². The summed E-state index contributed by atoms with van der Waals surface area (Å²) in [7, 11) is 0. The Hall–Kier alpha value is -1.09. The molecule has 21 heavy (non-hydrogen) atoms. The van der Waals surface area contributed by atoms with E-state index in [1.54, 1.807) is 0 Å². The molecule has 0 unspecified atom stereocenters. The molecule has 1 aromatic rings. The highest BCUT2D eigenvalue weighted by atomic mass is 15.2. The van der Waals surface area contributed by atoms with Crippen LogP contribution in [0.2, 0.25) is 0 Å². The molecule has 3 heteroatoms. The van der Waals surface area contributed by atoms with Gasteiger partial charge in [0.1, 0.15) is 5.82 Å². The molecule has 0 saturated carbocycles. The van der Waals surface area contributed by atoms with Crippen LogP contribution in [0.15, 0.2) is 18.2 Å². The molecule has 0 fully saturated rings. The van der Waals surface area contributed by atoms with Crippen molar-refractivity contribution < 1.29 is 0 Å². The third kappa shape index (κ3) is 6.47. The molecule has 0 amide bonds. The Morgan fingerprint density at radius 3 is 2.43 bits per heavy atom. The molecule has 0 bridgehead atoms. The summed E-state index contributed by atoms with van der Waals surface area (Å²) >= 11 is 0. The van der Waals surface area contributed by atoms with Crippen LogP contribution in [0, 0.1) is 5.92 Å². The Morgan fingerprint density at radius 1 is 1.14 bits per heavy atom. The Bertz CT molecular complexity index is 386. The van der Waals surface area contributed by atoms with Crippen molar-refractivity contribution in [2.75, 3.05) is 18.4 Å². The van der Waals surface area contributed by atoms with E-state index in [4.69, 9.17) is 4.98 Å². The van der Waals surface area contributed by atoms with Crippen LogP contribution < -0.4 is 5.32 Å². The third-order valence-electron chi connectivity index (χ3n) is 3.79. The zero-order chi connectivity index (χ0) is 15.7. The molecule has 0 atom stereocenters. The van der Waals surface area contributed by atoms with Gasteiger partial charge in [0.25, 0.3) is 0 Å². The van der Waals surface area contributed by atoms with Crippen LogP contribution in [0.5, 0.6) is 0 Å². The number of nitrogens with zero attached hydrogens (tertiary/aromatic N) is 2. The fraction of sp³-hybridized carbons (Fsp3) is 0.722. The van der Waals surface area contributed by atoms with Gasteiger partial charge in [-0.3, -0.25) is 4.90 Å². The number of aromatic nitrogens is 1. The number of anilines is 1. The highest BCUT2D eigenvalue weighted by molar-refractivity contribution is 5.35. The predicted octanol–water partition coefficient (Wildman–Crippen LogP) is 4.55. The second-order valence-corrected chi connectivity index (χ2v) is 6.23. The summed E-state index contributed by atoms with van der Waals surface area (Å²) < 4.78 is 0. The van der Waals surface area contributed by atoms with E-state index in [1.807, 2.05) is 0 Å². The Kier molecular flexibility index (Phi) is 8.36. The molecule has 120 valence electrons. The Labute approximate surface area is 131 Å². The Morgan fingerprint density at radius 2 is 1.86 bits per heavy atom. The first-order valence-electron chi connectivity index (χ1n) is 8.54. The number of hydrogen-bond donors (Lipinski definition) is 1. The second-order valence-electron chi connectivity index (χ2n) is 6.23. The van der Waals surface area contributed by atoms with Gasteiger partial charge in [-0.15, -0.1) is 0 Å². The third-order valence-corrected chi connectivity index (χ3v) is 3.79. The van der Waals surface area contributed by atoms with Gasteiger partial charge in [0, 0.05) is 25.7 Å². The van der Waals surface area contributed by atoms with Crippen molar-refractivity contribution >= 4 is 5.82 Å². The average molecular weight is 291 g/mol. The maximum atomic E-state index is 4.76. The lowest BCUT2D eigenvalue weighted by molar-refractivity contribution is 0.155. The normalized spacial score (nSPS) is 11.6. The smallest absolute Gasteiger partial charge is 0.126 e. The van der Waals surface area contributed by atoms with Gasteiger partial charge in [-0.1, -0.05) is 40.7 Å². The van der Waals surface area contributed by atoms with Gasteiger partial charge in [-0.25, -0.2) is 4.98 Å². The summed E-state index contributed by atoms with van der Waals surface area (Å²) in [6.45, 7) is 14.4. The van der Waals surface area contributed by atoms with Gasteiger partial charge in [0.05, 0.1) is 5.69 Å². The maximum absolute atomic E-state index is 4.76. The van der Waals surface area contributed by atoms with Crippen molar-refractivity contribution in [3.05, 3.63) is 23.9 Å². The van der Waals surface area contributed by atoms with E-state index in [0.29, 0.717) is 12.0 Å². The van der Waals surface area contributed by atoms with Gasteiger partial charge < -0.3 is 5.32 Å². The highest BCUT2D eigenvalue weighted by Crippen LogP contribution is 2.16. The predicted molar refractivity (Wildman–Crippen MR) is 92.6 cm³/mol. The molecule has 0 aromatic carbocycles. The minimum Gasteiger partial charge on any atom is -0.370 e. The Balaban J connectivity index is 2.77. The summed E-state index contributed by atoms with van der Waals surface area (Å²) in [5.74, 6) is 1.69. The molecule has 1 heterocycles. The molecule has 0 aliphatic heterocycles. The molecule has 1 aromatic heterocycles. The van der Waals surface area contributed by atoms with E-state index < -0.39 is 0 Å². The van der Waals surface area contributed by atoms with Crippen molar-refractivity contribution in [2.45, 2.75) is 66.5 Å². The number of nitrogens with one attached hydrogen (secondary N) is 1. The van der Waals surface area contributed by atoms with Crippen LogP contribution >= 0.6 is 0 Å². The van der Waals surface area contributed by atoms with Crippen LogP contribution in [0.3, 0.4) is 0 Å². The molecular weight excluding hydrogens is 258 g/mol. The molecular formula is C18H33N3.